The second-order valence-electron chi connectivity index (χ2n) is 8.19. The van der Waals surface area contributed by atoms with Gasteiger partial charge >= 0.3 is 5.97 Å². The second kappa shape index (κ2) is 8.53. The van der Waals surface area contributed by atoms with Gasteiger partial charge < -0.3 is 15.2 Å². The number of halogens is 2. The number of carbonyl (C=O) groups is 1. The topological polar surface area (TPSA) is 58.6 Å². The van der Waals surface area contributed by atoms with Gasteiger partial charge in [0.25, 0.3) is 0 Å². The van der Waals surface area contributed by atoms with Crippen molar-refractivity contribution in [1.82, 2.24) is 0 Å². The number of ether oxygens (including phenoxy) is 1. The van der Waals surface area contributed by atoms with E-state index in [0.717, 1.165) is 34.5 Å². The number of anilines is 1. The first-order chi connectivity index (χ1) is 15.5. The summed E-state index contributed by atoms with van der Waals surface area (Å²) in [5, 5.41) is 14.1. The number of nitrogens with one attached hydrogen (secondary N) is 1. The van der Waals surface area contributed by atoms with Gasteiger partial charge in [0, 0.05) is 10.9 Å². The Morgan fingerprint density at radius 1 is 1.06 bits per heavy atom. The van der Waals surface area contributed by atoms with E-state index in [1.807, 2.05) is 36.4 Å². The van der Waals surface area contributed by atoms with Gasteiger partial charge in [-0.2, -0.15) is 0 Å². The molecule has 1 aliphatic heterocycles. The second-order valence-corrected chi connectivity index (χ2v) is 9.03. The summed E-state index contributed by atoms with van der Waals surface area (Å²) in [6.07, 6.45) is 5.26. The van der Waals surface area contributed by atoms with Crippen LogP contribution in [0.3, 0.4) is 0 Å². The lowest BCUT2D eigenvalue weighted by Crippen LogP contribution is -2.29. The van der Waals surface area contributed by atoms with Crippen molar-refractivity contribution in [2.75, 3.05) is 5.32 Å². The summed E-state index contributed by atoms with van der Waals surface area (Å²) in [5.41, 5.74) is 4.19. The van der Waals surface area contributed by atoms with Crippen LogP contribution >= 0.6 is 23.2 Å². The normalized spacial score (nSPS) is 20.9. The van der Waals surface area contributed by atoms with E-state index < -0.39 is 5.97 Å². The molecular formula is C26H21Cl2NO3. The molecule has 0 unspecified atom stereocenters. The van der Waals surface area contributed by atoms with Crippen molar-refractivity contribution in [3.05, 3.63) is 105 Å². The highest BCUT2D eigenvalue weighted by molar-refractivity contribution is 6.34. The summed E-state index contributed by atoms with van der Waals surface area (Å²) in [6.45, 7) is 0.474. The summed E-state index contributed by atoms with van der Waals surface area (Å²) in [6, 6.07) is 19.1. The first-order valence-corrected chi connectivity index (χ1v) is 11.2. The number of carboxylic acids is 1. The quantitative estimate of drug-likeness (QED) is 0.394. The minimum atomic E-state index is -0.968. The van der Waals surface area contributed by atoms with Gasteiger partial charge in [0.2, 0.25) is 0 Å². The molecule has 3 aromatic carbocycles. The minimum absolute atomic E-state index is 0.0704. The van der Waals surface area contributed by atoms with Crippen molar-refractivity contribution in [2.45, 2.75) is 25.0 Å². The first-order valence-electron chi connectivity index (χ1n) is 10.5. The third-order valence-corrected chi connectivity index (χ3v) is 6.78. The van der Waals surface area contributed by atoms with Crippen molar-refractivity contribution in [1.29, 1.82) is 0 Å². The van der Waals surface area contributed by atoms with Crippen LogP contribution in [-0.2, 0) is 6.61 Å². The lowest BCUT2D eigenvalue weighted by atomic mass is 9.76. The Labute approximate surface area is 196 Å². The monoisotopic (exact) mass is 465 g/mol. The molecule has 0 radical (unpaired) electrons. The molecule has 0 fully saturated rings. The Hall–Kier alpha value is -2.95. The van der Waals surface area contributed by atoms with Gasteiger partial charge in [-0.3, -0.25) is 0 Å². The standard InChI is InChI=1S/C26H21Cl2NO3/c27-18-8-4-15(5-9-18)14-32-19-10-6-16(7-11-19)24-21-3-1-2-20(21)22-12-17(26(30)31)13-23(28)25(22)29-24/h1-2,4-13,20-21,24,29H,3,14H2,(H,30,31)/t20-,21+,24+/m1/s1. The summed E-state index contributed by atoms with van der Waals surface area (Å²) in [5.74, 6) is 0.256. The highest BCUT2D eigenvalue weighted by Gasteiger charge is 2.39. The Morgan fingerprint density at radius 2 is 1.81 bits per heavy atom. The van der Waals surface area contributed by atoms with E-state index in [0.29, 0.717) is 22.6 Å². The van der Waals surface area contributed by atoms with E-state index in [1.54, 1.807) is 6.07 Å². The molecule has 0 amide bonds. The number of allylic oxidation sites excluding steroid dienone is 2. The van der Waals surface area contributed by atoms with E-state index in [2.05, 4.69) is 29.6 Å². The highest BCUT2D eigenvalue weighted by atomic mass is 35.5. The molecule has 32 heavy (non-hydrogen) atoms. The molecule has 0 aromatic heterocycles. The van der Waals surface area contributed by atoms with E-state index >= 15 is 0 Å². The van der Waals surface area contributed by atoms with Crippen LogP contribution in [0.25, 0.3) is 0 Å². The molecule has 162 valence electrons. The summed E-state index contributed by atoms with van der Waals surface area (Å²) in [4.78, 5) is 11.5. The van der Waals surface area contributed by atoms with E-state index in [4.69, 9.17) is 27.9 Å². The Morgan fingerprint density at radius 3 is 2.53 bits per heavy atom. The maximum absolute atomic E-state index is 11.5. The Bertz CT molecular complexity index is 1190. The van der Waals surface area contributed by atoms with Crippen LogP contribution in [-0.4, -0.2) is 11.1 Å². The molecule has 0 spiro atoms. The first kappa shape index (κ1) is 20.9. The summed E-state index contributed by atoms with van der Waals surface area (Å²) in [7, 11) is 0. The molecule has 5 rings (SSSR count). The third-order valence-electron chi connectivity index (χ3n) is 6.23. The number of rotatable bonds is 5. The van der Waals surface area contributed by atoms with Crippen molar-refractivity contribution in [3.63, 3.8) is 0 Å². The zero-order valence-corrected chi connectivity index (χ0v) is 18.6. The van der Waals surface area contributed by atoms with Crippen LogP contribution in [0.4, 0.5) is 5.69 Å². The molecule has 4 nitrogen and oxygen atoms in total. The van der Waals surface area contributed by atoms with E-state index in [-0.39, 0.29) is 17.5 Å². The van der Waals surface area contributed by atoms with Gasteiger partial charge in [0.15, 0.2) is 0 Å². The number of carboxylic acid groups (broad SMARTS) is 1. The van der Waals surface area contributed by atoms with Crippen LogP contribution in [0.5, 0.6) is 5.75 Å². The Kier molecular flexibility index (Phi) is 5.58. The smallest absolute Gasteiger partial charge is 0.335 e. The van der Waals surface area contributed by atoms with Gasteiger partial charge in [-0.05, 0) is 65.4 Å². The van der Waals surface area contributed by atoms with Gasteiger partial charge in [-0.15, -0.1) is 0 Å². The molecular weight excluding hydrogens is 445 g/mol. The molecule has 0 bridgehead atoms. The Balaban J connectivity index is 1.37. The SMILES string of the molecule is O=C(O)c1cc(Cl)c2c(c1)[C@@H]1C=CC[C@@H]1[C@H](c1ccc(OCc3ccc(Cl)cc3)cc1)N2. The predicted octanol–water partition coefficient (Wildman–Crippen LogP) is 7.10. The van der Waals surface area contributed by atoms with Gasteiger partial charge in [0.1, 0.15) is 12.4 Å². The maximum Gasteiger partial charge on any atom is 0.335 e. The molecule has 2 N–H and O–H groups in total. The van der Waals surface area contributed by atoms with Crippen molar-refractivity contribution < 1.29 is 14.6 Å². The average Bonchev–Trinajstić information content (AvgIpc) is 3.29. The maximum atomic E-state index is 11.5. The van der Waals surface area contributed by atoms with Crippen molar-refractivity contribution in [3.8, 4) is 5.75 Å². The largest absolute Gasteiger partial charge is 0.489 e. The predicted molar refractivity (Wildman–Crippen MR) is 127 cm³/mol. The summed E-state index contributed by atoms with van der Waals surface area (Å²) >= 11 is 12.4. The minimum Gasteiger partial charge on any atom is -0.489 e. The zero-order valence-electron chi connectivity index (χ0n) is 17.1. The van der Waals surface area contributed by atoms with Crippen LogP contribution in [0.1, 0.15) is 45.4 Å². The molecule has 1 heterocycles. The molecule has 0 saturated carbocycles. The third kappa shape index (κ3) is 3.96. The van der Waals surface area contributed by atoms with Crippen molar-refractivity contribution in [2.24, 2.45) is 5.92 Å². The lowest BCUT2D eigenvalue weighted by molar-refractivity contribution is 0.0696. The highest BCUT2D eigenvalue weighted by Crippen LogP contribution is 2.51. The van der Waals surface area contributed by atoms with Crippen LogP contribution in [0.2, 0.25) is 10.0 Å². The number of aromatic carboxylic acids is 1. The van der Waals surface area contributed by atoms with Crippen LogP contribution < -0.4 is 10.1 Å². The number of hydrogen-bond donors (Lipinski definition) is 2. The molecule has 3 aromatic rings. The number of fused-ring (bicyclic) bond motifs is 3. The number of hydrogen-bond acceptors (Lipinski definition) is 3. The zero-order chi connectivity index (χ0) is 22.2. The molecule has 0 saturated heterocycles. The average molecular weight is 466 g/mol. The molecule has 2 aliphatic rings. The van der Waals surface area contributed by atoms with E-state index in [1.165, 1.54) is 6.07 Å². The van der Waals surface area contributed by atoms with Crippen LogP contribution in [0.15, 0.2) is 72.8 Å². The molecule has 1 aliphatic carbocycles. The van der Waals surface area contributed by atoms with Crippen molar-refractivity contribution >= 4 is 34.9 Å². The van der Waals surface area contributed by atoms with Gasteiger partial charge in [-0.25, -0.2) is 4.79 Å². The summed E-state index contributed by atoms with van der Waals surface area (Å²) < 4.78 is 5.92. The lowest BCUT2D eigenvalue weighted by Gasteiger charge is -2.38. The van der Waals surface area contributed by atoms with E-state index in [9.17, 15) is 9.90 Å². The van der Waals surface area contributed by atoms with Gasteiger partial charge in [-0.1, -0.05) is 59.6 Å². The van der Waals surface area contributed by atoms with Gasteiger partial charge in [0.05, 0.1) is 22.3 Å². The molecule has 3 atom stereocenters. The fourth-order valence-electron chi connectivity index (χ4n) is 4.63. The fraction of sp³-hybridized carbons (Fsp3) is 0.192. The number of benzene rings is 3. The fourth-order valence-corrected chi connectivity index (χ4v) is 5.03. The van der Waals surface area contributed by atoms with Crippen LogP contribution in [0, 0.1) is 5.92 Å². The molecule has 6 heteroatoms.